The van der Waals surface area contributed by atoms with Crippen LogP contribution in [0.4, 0.5) is 0 Å². The van der Waals surface area contributed by atoms with E-state index in [0.717, 1.165) is 5.56 Å². The maximum absolute atomic E-state index is 12.5. The third-order valence-electron chi connectivity index (χ3n) is 3.61. The van der Waals surface area contributed by atoms with Crippen LogP contribution in [0.1, 0.15) is 17.3 Å². The van der Waals surface area contributed by atoms with Gasteiger partial charge in [-0.1, -0.05) is 29.8 Å². The van der Waals surface area contributed by atoms with Crippen LogP contribution in [0.2, 0.25) is 5.02 Å². The zero-order valence-electron chi connectivity index (χ0n) is 14.0. The molecule has 1 N–H and O–H groups in total. The van der Waals surface area contributed by atoms with Crippen molar-refractivity contribution in [1.29, 1.82) is 0 Å². The zero-order valence-corrected chi connectivity index (χ0v) is 16.4. The summed E-state index contributed by atoms with van der Waals surface area (Å²) in [5.74, 6) is 0. The van der Waals surface area contributed by atoms with E-state index >= 15 is 0 Å². The highest BCUT2D eigenvalue weighted by atomic mass is 35.5. The van der Waals surface area contributed by atoms with E-state index in [1.165, 1.54) is 10.9 Å². The number of nitrogens with one attached hydrogen (secondary N) is 1. The number of aryl methyl sites for hydroxylation is 2. The van der Waals surface area contributed by atoms with E-state index in [2.05, 4.69) is 9.82 Å². The molecule has 0 aliphatic heterocycles. The van der Waals surface area contributed by atoms with Crippen LogP contribution in [-0.2, 0) is 17.1 Å². The minimum atomic E-state index is -3.62. The minimum Gasteiger partial charge on any atom is -0.301 e. The second-order valence-corrected chi connectivity index (χ2v) is 7.75. The Kier molecular flexibility index (Phi) is 7.25. The van der Waals surface area contributed by atoms with Gasteiger partial charge < -0.3 is 4.90 Å². The molecule has 1 aromatic carbocycles. The van der Waals surface area contributed by atoms with Crippen molar-refractivity contribution in [3.8, 4) is 0 Å². The largest absolute Gasteiger partial charge is 0.301 e. The summed E-state index contributed by atoms with van der Waals surface area (Å²) in [7, 11) is 1.84. The van der Waals surface area contributed by atoms with E-state index in [4.69, 9.17) is 11.6 Å². The van der Waals surface area contributed by atoms with Crippen molar-refractivity contribution in [2.75, 3.05) is 20.6 Å². The molecule has 1 atom stereocenters. The Morgan fingerprint density at radius 2 is 1.96 bits per heavy atom. The number of aromatic nitrogens is 2. The van der Waals surface area contributed by atoms with Crippen molar-refractivity contribution < 1.29 is 8.42 Å². The molecule has 134 valence electrons. The number of rotatable bonds is 6. The van der Waals surface area contributed by atoms with Crippen LogP contribution >= 0.6 is 24.0 Å². The smallest absolute Gasteiger partial charge is 0.244 e. The number of halogens is 2. The highest BCUT2D eigenvalue weighted by Gasteiger charge is 2.23. The molecule has 0 aliphatic rings. The fourth-order valence-corrected chi connectivity index (χ4v) is 3.94. The molecule has 0 saturated heterocycles. The second-order valence-electron chi connectivity index (χ2n) is 5.61. The summed E-state index contributed by atoms with van der Waals surface area (Å²) in [4.78, 5) is 2.12. The molecule has 1 heterocycles. The van der Waals surface area contributed by atoms with Crippen LogP contribution in [0.5, 0.6) is 0 Å². The number of sulfonamides is 1. The Hall–Kier alpha value is -1.12. The van der Waals surface area contributed by atoms with Gasteiger partial charge in [0, 0.05) is 30.9 Å². The van der Waals surface area contributed by atoms with E-state index in [9.17, 15) is 8.42 Å². The molecule has 0 bridgehead atoms. The predicted octanol–water partition coefficient (Wildman–Crippen LogP) is 2.38. The molecule has 2 aromatic rings. The highest BCUT2D eigenvalue weighted by Crippen LogP contribution is 2.26. The van der Waals surface area contributed by atoms with E-state index in [0.29, 0.717) is 10.7 Å². The third-order valence-corrected chi connectivity index (χ3v) is 5.48. The molecule has 0 fully saturated rings. The summed E-state index contributed by atoms with van der Waals surface area (Å²) in [5.41, 5.74) is 1.35. The van der Waals surface area contributed by atoms with Gasteiger partial charge in [0.15, 0.2) is 0 Å². The van der Waals surface area contributed by atoms with Gasteiger partial charge in [-0.3, -0.25) is 4.68 Å². The van der Waals surface area contributed by atoms with Gasteiger partial charge in [0.1, 0.15) is 4.90 Å². The van der Waals surface area contributed by atoms with Crippen molar-refractivity contribution in [3.63, 3.8) is 0 Å². The highest BCUT2D eigenvalue weighted by molar-refractivity contribution is 7.89. The lowest BCUT2D eigenvalue weighted by Gasteiger charge is -2.25. The van der Waals surface area contributed by atoms with Gasteiger partial charge in [0.05, 0.1) is 5.69 Å². The minimum absolute atomic E-state index is 0. The molecule has 9 heteroatoms. The molecule has 1 aromatic heterocycles. The first-order valence-electron chi connectivity index (χ1n) is 7.13. The lowest BCUT2D eigenvalue weighted by Crippen LogP contribution is -2.34. The van der Waals surface area contributed by atoms with E-state index < -0.39 is 10.0 Å². The maximum atomic E-state index is 12.5. The lowest BCUT2D eigenvalue weighted by molar-refractivity contribution is 0.299. The van der Waals surface area contributed by atoms with Gasteiger partial charge in [0.25, 0.3) is 0 Å². The topological polar surface area (TPSA) is 67.2 Å². The van der Waals surface area contributed by atoms with Gasteiger partial charge in [-0.25, -0.2) is 13.1 Å². The Labute approximate surface area is 154 Å². The lowest BCUT2D eigenvalue weighted by atomic mass is 10.1. The van der Waals surface area contributed by atoms with Crippen LogP contribution < -0.4 is 4.72 Å². The van der Waals surface area contributed by atoms with Crippen LogP contribution in [0.15, 0.2) is 35.4 Å². The van der Waals surface area contributed by atoms with E-state index in [1.807, 2.05) is 37.2 Å². The van der Waals surface area contributed by atoms with Crippen LogP contribution in [0, 0.1) is 6.92 Å². The third kappa shape index (κ3) is 4.70. The van der Waals surface area contributed by atoms with Gasteiger partial charge in [0.2, 0.25) is 10.0 Å². The summed E-state index contributed by atoms with van der Waals surface area (Å²) < 4.78 is 29.1. The number of hydrogen-bond acceptors (Lipinski definition) is 4. The Morgan fingerprint density at radius 1 is 1.33 bits per heavy atom. The molecule has 1 unspecified atom stereocenters. The molecule has 0 radical (unpaired) electrons. The van der Waals surface area contributed by atoms with Gasteiger partial charge in [-0.15, -0.1) is 12.4 Å². The molecule has 0 saturated carbocycles. The first kappa shape index (κ1) is 20.9. The number of hydrogen-bond donors (Lipinski definition) is 1. The molecule has 0 spiro atoms. The van der Waals surface area contributed by atoms with Crippen LogP contribution in [0.3, 0.4) is 0 Å². The monoisotopic (exact) mass is 392 g/mol. The van der Waals surface area contributed by atoms with Crippen molar-refractivity contribution in [2.45, 2.75) is 17.9 Å². The van der Waals surface area contributed by atoms with Gasteiger partial charge in [-0.2, -0.15) is 5.10 Å². The quantitative estimate of drug-likeness (QED) is 0.819. The first-order chi connectivity index (χ1) is 10.7. The first-order valence-corrected chi connectivity index (χ1v) is 8.99. The number of benzene rings is 1. The van der Waals surface area contributed by atoms with Crippen molar-refractivity contribution in [3.05, 3.63) is 46.7 Å². The summed E-state index contributed by atoms with van der Waals surface area (Å²) in [6.45, 7) is 1.89. The maximum Gasteiger partial charge on any atom is 0.244 e. The summed E-state index contributed by atoms with van der Waals surface area (Å²) in [6.07, 6.45) is 1.50. The second kappa shape index (κ2) is 8.31. The SMILES string of the molecule is Cc1nn(C)cc1S(=O)(=O)NCC(c1ccccc1Cl)N(C)C.Cl. The fraction of sp³-hybridized carbons (Fsp3) is 0.400. The Bertz CT molecular complexity index is 791. The summed E-state index contributed by atoms with van der Waals surface area (Å²) in [5, 5.41) is 4.69. The average molecular weight is 393 g/mol. The van der Waals surface area contributed by atoms with Gasteiger partial charge in [-0.05, 0) is 32.6 Å². The molecule has 0 amide bonds. The fourth-order valence-electron chi connectivity index (χ4n) is 2.42. The molecule has 2 rings (SSSR count). The molecule has 24 heavy (non-hydrogen) atoms. The summed E-state index contributed by atoms with van der Waals surface area (Å²) in [6, 6.07) is 7.26. The molecular weight excluding hydrogens is 371 g/mol. The van der Waals surface area contributed by atoms with Crippen molar-refractivity contribution in [1.82, 2.24) is 19.4 Å². The molecule has 0 aliphatic carbocycles. The van der Waals surface area contributed by atoms with Crippen molar-refractivity contribution >= 4 is 34.0 Å². The predicted molar refractivity (Wildman–Crippen MR) is 98.3 cm³/mol. The number of nitrogens with zero attached hydrogens (tertiary/aromatic N) is 3. The van der Waals surface area contributed by atoms with Crippen LogP contribution in [0.25, 0.3) is 0 Å². The van der Waals surface area contributed by atoms with E-state index in [1.54, 1.807) is 20.0 Å². The standard InChI is InChI=1S/C15H21ClN4O2S.ClH/c1-11-15(10-20(4)18-11)23(21,22)17-9-14(19(2)3)12-7-5-6-8-13(12)16;/h5-8,10,14,17H,9H2,1-4H3;1H. The molecule has 6 nitrogen and oxygen atoms in total. The van der Waals surface area contributed by atoms with Crippen molar-refractivity contribution in [2.24, 2.45) is 7.05 Å². The normalized spacial score (nSPS) is 12.9. The number of likely N-dealkylation sites (N-methyl/N-ethyl adjacent to an activating group) is 1. The van der Waals surface area contributed by atoms with Gasteiger partial charge >= 0.3 is 0 Å². The van der Waals surface area contributed by atoms with E-state index in [-0.39, 0.29) is 29.9 Å². The summed E-state index contributed by atoms with van der Waals surface area (Å²) >= 11 is 6.24. The van der Waals surface area contributed by atoms with Crippen LogP contribution in [-0.4, -0.2) is 43.7 Å². The Balaban J connectivity index is 0.00000288. The zero-order chi connectivity index (χ0) is 17.2. The molecular formula is C15H22Cl2N4O2S. The average Bonchev–Trinajstić information content (AvgIpc) is 2.80. The Morgan fingerprint density at radius 3 is 2.46 bits per heavy atom.